The van der Waals surface area contributed by atoms with Gasteiger partial charge in [-0.3, -0.25) is 0 Å². The molecule has 0 N–H and O–H groups in total. The van der Waals surface area contributed by atoms with E-state index in [1.54, 1.807) is 11.8 Å². The van der Waals surface area contributed by atoms with Crippen molar-refractivity contribution in [2.75, 3.05) is 17.2 Å². The molecule has 0 heterocycles. The van der Waals surface area contributed by atoms with E-state index < -0.39 is 0 Å². The fraction of sp³-hybridized carbons (Fsp3) is 0.562. The Hall–Kier alpha value is -1.14. The Balaban J connectivity index is 3.23. The molecule has 1 rings (SSSR count). The largest absolute Gasteiger partial charge is 0.368 e. The first-order valence-corrected chi connectivity index (χ1v) is 7.92. The molecule has 0 saturated heterocycles. The van der Waals surface area contributed by atoms with Crippen molar-refractivity contribution >= 4 is 17.4 Å². The van der Waals surface area contributed by atoms with Crippen molar-refractivity contribution in [3.05, 3.63) is 23.8 Å². The summed E-state index contributed by atoms with van der Waals surface area (Å²) in [6.07, 6.45) is 0. The van der Waals surface area contributed by atoms with Gasteiger partial charge >= 0.3 is 0 Å². The highest BCUT2D eigenvalue weighted by Crippen LogP contribution is 2.31. The van der Waals surface area contributed by atoms with Crippen molar-refractivity contribution in [1.29, 1.82) is 5.26 Å². The number of thioether (sulfide) groups is 1. The van der Waals surface area contributed by atoms with Crippen LogP contribution in [0.5, 0.6) is 0 Å². The van der Waals surface area contributed by atoms with Gasteiger partial charge in [-0.25, -0.2) is 0 Å². The smallest absolute Gasteiger partial charge is 0.103 e. The van der Waals surface area contributed by atoms with Crippen LogP contribution in [0.2, 0.25) is 0 Å². The summed E-state index contributed by atoms with van der Waals surface area (Å²) < 4.78 is 0. The zero-order valence-corrected chi connectivity index (χ0v) is 13.4. The van der Waals surface area contributed by atoms with E-state index in [9.17, 15) is 5.26 Å². The number of nitrogens with zero attached hydrogens (tertiary/aromatic N) is 2. The minimum absolute atomic E-state index is 0.399. The van der Waals surface area contributed by atoms with Crippen molar-refractivity contribution in [3.63, 3.8) is 0 Å². The molecule has 2 nitrogen and oxygen atoms in total. The van der Waals surface area contributed by atoms with Crippen molar-refractivity contribution < 1.29 is 0 Å². The van der Waals surface area contributed by atoms with Crippen LogP contribution < -0.4 is 4.90 Å². The second kappa shape index (κ2) is 7.45. The molecule has 0 aliphatic carbocycles. The maximum atomic E-state index is 9.50. The Morgan fingerprint density at radius 3 is 2.42 bits per heavy atom. The normalized spacial score (nSPS) is 10.8. The molecule has 1 aromatic rings. The first-order valence-electron chi connectivity index (χ1n) is 6.93. The molecule has 0 saturated carbocycles. The maximum Gasteiger partial charge on any atom is 0.103 e. The third kappa shape index (κ3) is 4.18. The lowest BCUT2D eigenvalue weighted by molar-refractivity contribution is 0.570. The number of rotatable bonds is 6. The van der Waals surface area contributed by atoms with Crippen molar-refractivity contribution in [1.82, 2.24) is 0 Å². The van der Waals surface area contributed by atoms with Gasteiger partial charge in [-0.05, 0) is 37.7 Å². The molecule has 0 aliphatic heterocycles. The second-order valence-corrected chi connectivity index (χ2v) is 6.64. The van der Waals surface area contributed by atoms with Gasteiger partial charge in [-0.1, -0.05) is 26.8 Å². The van der Waals surface area contributed by atoms with Crippen LogP contribution in [0, 0.1) is 17.2 Å². The van der Waals surface area contributed by atoms with E-state index in [0.717, 1.165) is 28.4 Å². The number of nitriles is 1. The van der Waals surface area contributed by atoms with Gasteiger partial charge in [0, 0.05) is 17.5 Å². The number of anilines is 1. The standard InChI is InChI=1S/C16H24N2S/c1-6-19-16-9-7-8-15(14(16)10-17)18(13(4)5)11-12(2)3/h7-9,12-13H,6,11H2,1-5H3. The molecule has 0 unspecified atom stereocenters. The molecule has 1 aromatic carbocycles. The zero-order chi connectivity index (χ0) is 14.4. The van der Waals surface area contributed by atoms with Crippen LogP contribution in [0.3, 0.4) is 0 Å². The predicted octanol–water partition coefficient (Wildman–Crippen LogP) is 4.54. The van der Waals surface area contributed by atoms with Gasteiger partial charge in [0.2, 0.25) is 0 Å². The minimum Gasteiger partial charge on any atom is -0.368 e. The molecule has 0 amide bonds. The van der Waals surface area contributed by atoms with E-state index >= 15 is 0 Å². The summed E-state index contributed by atoms with van der Waals surface area (Å²) in [5, 5.41) is 9.50. The van der Waals surface area contributed by atoms with E-state index in [1.807, 2.05) is 6.07 Å². The summed E-state index contributed by atoms with van der Waals surface area (Å²) >= 11 is 1.74. The Labute approximate surface area is 121 Å². The molecule has 0 aromatic heterocycles. The van der Waals surface area contributed by atoms with Gasteiger partial charge in [0.15, 0.2) is 0 Å². The summed E-state index contributed by atoms with van der Waals surface area (Å²) in [6.45, 7) is 11.9. The SMILES string of the molecule is CCSc1cccc(N(CC(C)C)C(C)C)c1C#N. The van der Waals surface area contributed by atoms with Crippen LogP contribution in [0.15, 0.2) is 23.1 Å². The Bertz CT molecular complexity index is 447. The molecule has 0 bridgehead atoms. The van der Waals surface area contributed by atoms with Crippen molar-refractivity contribution in [3.8, 4) is 6.07 Å². The fourth-order valence-corrected chi connectivity index (χ4v) is 2.91. The lowest BCUT2D eigenvalue weighted by Crippen LogP contribution is -2.34. The summed E-state index contributed by atoms with van der Waals surface area (Å²) in [7, 11) is 0. The average molecular weight is 276 g/mol. The van der Waals surface area contributed by atoms with E-state index in [1.165, 1.54) is 0 Å². The molecule has 19 heavy (non-hydrogen) atoms. The molecule has 0 radical (unpaired) electrons. The van der Waals surface area contributed by atoms with Gasteiger partial charge < -0.3 is 4.90 Å². The molecule has 0 spiro atoms. The van der Waals surface area contributed by atoms with Gasteiger partial charge in [-0.2, -0.15) is 5.26 Å². The van der Waals surface area contributed by atoms with Crippen LogP contribution in [0.1, 0.15) is 40.2 Å². The highest BCUT2D eigenvalue weighted by atomic mass is 32.2. The summed E-state index contributed by atoms with van der Waals surface area (Å²) in [5.41, 5.74) is 1.90. The van der Waals surface area contributed by atoms with Gasteiger partial charge in [0.05, 0.1) is 11.3 Å². The van der Waals surface area contributed by atoms with E-state index in [-0.39, 0.29) is 0 Å². The predicted molar refractivity (Wildman–Crippen MR) is 84.9 cm³/mol. The molecule has 0 atom stereocenters. The van der Waals surface area contributed by atoms with E-state index in [4.69, 9.17) is 0 Å². The molecule has 0 aliphatic rings. The van der Waals surface area contributed by atoms with Gasteiger partial charge in [0.25, 0.3) is 0 Å². The Morgan fingerprint density at radius 1 is 1.26 bits per heavy atom. The first-order chi connectivity index (χ1) is 9.01. The number of hydrogen-bond acceptors (Lipinski definition) is 3. The van der Waals surface area contributed by atoms with Gasteiger partial charge in [-0.15, -0.1) is 11.8 Å². The maximum absolute atomic E-state index is 9.50. The Morgan fingerprint density at radius 2 is 1.95 bits per heavy atom. The molecule has 0 fully saturated rings. The third-order valence-corrected chi connectivity index (χ3v) is 3.85. The molecular weight excluding hydrogens is 252 g/mol. The Kier molecular flexibility index (Phi) is 6.24. The van der Waals surface area contributed by atoms with Gasteiger partial charge in [0.1, 0.15) is 6.07 Å². The minimum atomic E-state index is 0.399. The second-order valence-electron chi connectivity index (χ2n) is 5.34. The van der Waals surface area contributed by atoms with Crippen LogP contribution in [0.25, 0.3) is 0 Å². The lowest BCUT2D eigenvalue weighted by atomic mass is 10.1. The van der Waals surface area contributed by atoms with Crippen molar-refractivity contribution in [2.45, 2.75) is 45.6 Å². The summed E-state index contributed by atoms with van der Waals surface area (Å²) in [6, 6.07) is 8.97. The van der Waals surface area contributed by atoms with Crippen LogP contribution >= 0.6 is 11.8 Å². The lowest BCUT2D eigenvalue weighted by Gasteiger charge is -2.32. The quantitative estimate of drug-likeness (QED) is 0.714. The third-order valence-electron chi connectivity index (χ3n) is 2.91. The highest BCUT2D eigenvalue weighted by Gasteiger charge is 2.17. The van der Waals surface area contributed by atoms with Crippen LogP contribution in [-0.4, -0.2) is 18.3 Å². The molecule has 3 heteroatoms. The zero-order valence-electron chi connectivity index (χ0n) is 12.6. The monoisotopic (exact) mass is 276 g/mol. The number of benzene rings is 1. The van der Waals surface area contributed by atoms with Crippen molar-refractivity contribution in [2.24, 2.45) is 5.92 Å². The summed E-state index contributed by atoms with van der Waals surface area (Å²) in [4.78, 5) is 3.43. The molecule has 104 valence electrons. The van der Waals surface area contributed by atoms with Crippen LogP contribution in [-0.2, 0) is 0 Å². The number of hydrogen-bond donors (Lipinski definition) is 0. The van der Waals surface area contributed by atoms with Crippen LogP contribution in [0.4, 0.5) is 5.69 Å². The highest BCUT2D eigenvalue weighted by molar-refractivity contribution is 7.99. The first kappa shape index (κ1) is 15.9. The average Bonchev–Trinajstić information content (AvgIpc) is 2.35. The molecular formula is C16H24N2S. The fourth-order valence-electron chi connectivity index (χ4n) is 2.13. The summed E-state index contributed by atoms with van der Waals surface area (Å²) in [5.74, 6) is 1.57. The van der Waals surface area contributed by atoms with E-state index in [2.05, 4.69) is 57.7 Å². The van der Waals surface area contributed by atoms with E-state index in [0.29, 0.717) is 12.0 Å². The topological polar surface area (TPSA) is 27.0 Å².